The van der Waals surface area contributed by atoms with Crippen molar-refractivity contribution in [3.8, 4) is 23.0 Å². The highest BCUT2D eigenvalue weighted by molar-refractivity contribution is 6.00. The van der Waals surface area contributed by atoms with E-state index in [0.29, 0.717) is 85.8 Å². The molecule has 0 saturated carbocycles. The minimum atomic E-state index is -0.215. The quantitative estimate of drug-likeness (QED) is 0.129. The molecule has 69 heavy (non-hydrogen) atoms. The van der Waals surface area contributed by atoms with E-state index in [1.165, 1.54) is 17.0 Å². The molecule has 3 amide bonds. The van der Waals surface area contributed by atoms with Gasteiger partial charge in [-0.1, -0.05) is 6.42 Å². The highest BCUT2D eigenvalue weighted by Crippen LogP contribution is 2.36. The van der Waals surface area contributed by atoms with Gasteiger partial charge in [-0.3, -0.25) is 28.8 Å². The molecule has 19 nitrogen and oxygen atoms in total. The molecule has 19 heteroatoms. The summed E-state index contributed by atoms with van der Waals surface area (Å²) >= 11 is 0. The molecule has 4 aliphatic heterocycles. The number of rotatable bonds is 12. The minimum Gasteiger partial charge on any atom is -0.497 e. The number of nitrogens with zero attached hydrogens (tertiary/aromatic N) is 6. The fourth-order valence-corrected chi connectivity index (χ4v) is 8.77. The van der Waals surface area contributed by atoms with Gasteiger partial charge in [-0.05, 0) is 79.4 Å². The van der Waals surface area contributed by atoms with Crippen LogP contribution in [0, 0.1) is 5.92 Å². The molecule has 0 unspecified atom stereocenters. The molecule has 358 valence electrons. The molecule has 2 aromatic heterocycles. The smallest absolute Gasteiger partial charge is 0.269 e. The van der Waals surface area contributed by atoms with Gasteiger partial charge in [0.2, 0.25) is 11.8 Å². The van der Waals surface area contributed by atoms with Crippen LogP contribution in [0.1, 0.15) is 44.1 Å². The van der Waals surface area contributed by atoms with Gasteiger partial charge in [-0.15, -0.1) is 0 Å². The number of nitrogens with two attached hydrogens (primary N) is 1. The average molecular weight is 941 g/mol. The van der Waals surface area contributed by atoms with Gasteiger partial charge in [0.15, 0.2) is 12.4 Å². The van der Waals surface area contributed by atoms with Gasteiger partial charge in [-0.25, -0.2) is 9.97 Å². The Kier molecular flexibility index (Phi) is 14.7. The second kappa shape index (κ2) is 21.4. The number of ether oxygens (including phenoxy) is 4. The molecule has 2 atom stereocenters. The summed E-state index contributed by atoms with van der Waals surface area (Å²) in [4.78, 5) is 93.6. The first-order chi connectivity index (χ1) is 33.4. The number of hydrogen-bond donors (Lipinski definition) is 2. The van der Waals surface area contributed by atoms with E-state index in [0.717, 1.165) is 59.3 Å². The van der Waals surface area contributed by atoms with Crippen LogP contribution in [0.25, 0.3) is 22.1 Å². The van der Waals surface area contributed by atoms with Crippen molar-refractivity contribution < 1.29 is 42.9 Å². The van der Waals surface area contributed by atoms with Crippen LogP contribution in [0.5, 0.6) is 23.0 Å². The van der Waals surface area contributed by atoms with E-state index in [4.69, 9.17) is 24.7 Å². The van der Waals surface area contributed by atoms with Crippen molar-refractivity contribution in [2.24, 2.45) is 11.7 Å². The summed E-state index contributed by atoms with van der Waals surface area (Å²) in [5, 5.41) is 2.79. The van der Waals surface area contributed by atoms with Crippen LogP contribution >= 0.6 is 0 Å². The van der Waals surface area contributed by atoms with Crippen LogP contribution in [0.3, 0.4) is 0 Å². The summed E-state index contributed by atoms with van der Waals surface area (Å²) in [6.07, 6.45) is 7.58. The number of unbranched alkanes of at least 4 members (excludes halogenated alkanes) is 1. The first kappa shape index (κ1) is 47.6. The van der Waals surface area contributed by atoms with Crippen molar-refractivity contribution >= 4 is 68.9 Å². The Morgan fingerprint density at radius 2 is 1.32 bits per heavy atom. The molecule has 2 fully saturated rings. The Labute approximate surface area is 395 Å². The number of fused-ring (bicyclic) bond motifs is 4. The number of aromatic nitrogens is 4. The van der Waals surface area contributed by atoms with Crippen LogP contribution < -0.4 is 50.9 Å². The Balaban J connectivity index is 0.000000154. The van der Waals surface area contributed by atoms with Crippen molar-refractivity contribution in [3.05, 3.63) is 111 Å². The van der Waals surface area contributed by atoms with Crippen molar-refractivity contribution in [1.82, 2.24) is 19.1 Å². The highest BCUT2D eigenvalue weighted by atomic mass is 16.5. The lowest BCUT2D eigenvalue weighted by atomic mass is 10.0. The lowest BCUT2D eigenvalue weighted by molar-refractivity contribution is -0.121. The number of ketones is 1. The molecule has 4 aromatic carbocycles. The lowest BCUT2D eigenvalue weighted by Gasteiger charge is -2.22. The first-order valence-electron chi connectivity index (χ1n) is 22.6. The third-order valence-corrected chi connectivity index (χ3v) is 12.2. The van der Waals surface area contributed by atoms with Crippen molar-refractivity contribution in [2.45, 2.75) is 64.1 Å². The molecule has 4 aliphatic rings. The summed E-state index contributed by atoms with van der Waals surface area (Å²) in [6.45, 7) is 2.26. The lowest BCUT2D eigenvalue weighted by Crippen LogP contribution is -2.28. The van der Waals surface area contributed by atoms with E-state index < -0.39 is 0 Å². The average Bonchev–Trinajstić information content (AvgIpc) is 3.91. The molecule has 0 spiro atoms. The third-order valence-electron chi connectivity index (χ3n) is 12.2. The fraction of sp³-hybridized carbons (Fsp3) is 0.340. The number of carbonyl (C=O) groups is 5. The van der Waals surface area contributed by atoms with Gasteiger partial charge >= 0.3 is 0 Å². The maximum atomic E-state index is 12.7. The largest absolute Gasteiger partial charge is 0.497 e. The van der Waals surface area contributed by atoms with E-state index in [9.17, 15) is 33.6 Å². The number of methoxy groups -OCH3 is 2. The van der Waals surface area contributed by atoms with E-state index in [2.05, 4.69) is 15.3 Å². The SMILES string of the molecule is COc1ccc2ncc(=O)n(CCC=O)c2c1.COc1ccc2ncc(=O)n(CCCC[C@H]3CC(=O)N(c4ccc5c(c4)NC(=O)CO5)C3)c2c1.N[C@H]1CC(=O)N(c2ccc3c(c2)CC(=O)CO3)C1. The van der Waals surface area contributed by atoms with Crippen LogP contribution in [-0.4, -0.2) is 95.5 Å². The molecule has 0 bridgehead atoms. The molecule has 2 saturated heterocycles. The molecule has 3 N–H and O–H groups in total. The number of nitrogens with one attached hydrogen (secondary N) is 1. The maximum Gasteiger partial charge on any atom is 0.269 e. The predicted octanol–water partition coefficient (Wildman–Crippen LogP) is 4.21. The number of aryl methyl sites for hydroxylation is 2. The number of benzene rings is 4. The van der Waals surface area contributed by atoms with Crippen LogP contribution in [0.15, 0.2) is 94.8 Å². The number of aldehydes is 1. The van der Waals surface area contributed by atoms with Gasteiger partial charge in [0.05, 0.1) is 54.4 Å². The standard InChI is InChI=1S/C25H26N4O5.C13H14N2O3.C12H12N2O3/c1-33-18-6-7-19-21(12-18)28(25(32)13-26-19)9-3-2-4-16-10-24(31)29(14-16)17-5-8-22-20(11-17)27-23(30)15-34-22;14-9-5-13(17)15(6-9)10-1-2-12-8(3-10)4-11(16)7-18-12;1-17-9-3-4-10-11(7-9)14(5-2-6-15)12(16)8-13-10/h5-8,11-13,16H,2-4,9-10,14-15H2,1H3,(H,27,30);1-3,9H,4-7,14H2;3-4,6-8H,2,5H2,1H3/t16-;9-;/m00./s1. The van der Waals surface area contributed by atoms with Crippen molar-refractivity contribution in [2.75, 3.05) is 55.6 Å². The third kappa shape index (κ3) is 11.1. The number of Topliss-reactive ketones (excluding diaryl/α,β-unsaturated/α-hetero) is 1. The zero-order chi connectivity index (χ0) is 48.6. The summed E-state index contributed by atoms with van der Waals surface area (Å²) in [7, 11) is 3.16. The van der Waals surface area contributed by atoms with Crippen molar-refractivity contribution in [1.29, 1.82) is 0 Å². The van der Waals surface area contributed by atoms with Crippen molar-refractivity contribution in [3.63, 3.8) is 0 Å². The van der Waals surface area contributed by atoms with Gasteiger partial charge in [-0.2, -0.15) is 0 Å². The molecule has 0 aliphatic carbocycles. The fourth-order valence-electron chi connectivity index (χ4n) is 8.77. The van der Waals surface area contributed by atoms with E-state index in [-0.39, 0.29) is 59.8 Å². The number of hydrogen-bond acceptors (Lipinski definition) is 14. The molecular formula is C50H52N8O11. The second-order valence-corrected chi connectivity index (χ2v) is 17.0. The van der Waals surface area contributed by atoms with Gasteiger partial charge < -0.3 is 53.7 Å². The van der Waals surface area contributed by atoms with Crippen LogP contribution in [0.4, 0.5) is 17.1 Å². The van der Waals surface area contributed by atoms with E-state index in [1.807, 2.05) is 42.5 Å². The van der Waals surface area contributed by atoms with Gasteiger partial charge in [0.1, 0.15) is 35.9 Å². The number of carbonyl (C=O) groups excluding carboxylic acids is 5. The zero-order valence-electron chi connectivity index (χ0n) is 38.3. The molecular weight excluding hydrogens is 889 g/mol. The molecule has 0 radical (unpaired) electrons. The van der Waals surface area contributed by atoms with Crippen LogP contribution in [-0.2, 0) is 43.5 Å². The Morgan fingerprint density at radius 1 is 0.710 bits per heavy atom. The van der Waals surface area contributed by atoms with Crippen LogP contribution in [0.2, 0.25) is 0 Å². The Bertz CT molecular complexity index is 3060. The highest BCUT2D eigenvalue weighted by Gasteiger charge is 2.32. The normalized spacial score (nSPS) is 17.1. The van der Waals surface area contributed by atoms with E-state index >= 15 is 0 Å². The summed E-state index contributed by atoms with van der Waals surface area (Å²) < 4.78 is 24.4. The second-order valence-electron chi connectivity index (χ2n) is 17.0. The molecule has 10 rings (SSSR count). The minimum absolute atomic E-state index is 0.00597. The maximum absolute atomic E-state index is 12.7. The number of anilines is 3. The van der Waals surface area contributed by atoms with Gasteiger partial charge in [0.25, 0.3) is 17.0 Å². The summed E-state index contributed by atoms with van der Waals surface area (Å²) in [5.74, 6) is 2.91. The molecule has 6 aromatic rings. The summed E-state index contributed by atoms with van der Waals surface area (Å²) in [6, 6.07) is 21.7. The van der Waals surface area contributed by atoms with E-state index in [1.54, 1.807) is 58.9 Å². The topological polar surface area (TPSA) is 237 Å². The Morgan fingerprint density at radius 3 is 1.96 bits per heavy atom. The Hall–Kier alpha value is -7.93. The van der Waals surface area contributed by atoms with Gasteiger partial charge in [0, 0.05) is 87.0 Å². The monoisotopic (exact) mass is 940 g/mol. The summed E-state index contributed by atoms with van der Waals surface area (Å²) in [5.41, 5.74) is 11.3. The zero-order valence-corrected chi connectivity index (χ0v) is 38.3. The number of amides is 3. The molecule has 6 heterocycles. The first-order valence-corrected chi connectivity index (χ1v) is 22.6. The predicted molar refractivity (Wildman–Crippen MR) is 256 cm³/mol.